The van der Waals surface area contributed by atoms with Gasteiger partial charge in [-0.3, -0.25) is 9.69 Å². The number of amides is 3. The Morgan fingerprint density at radius 2 is 1.84 bits per heavy atom. The highest BCUT2D eigenvalue weighted by atomic mass is 19.1. The molecule has 7 nitrogen and oxygen atoms in total. The number of hydrogen-bond donors (Lipinski definition) is 0. The fourth-order valence-corrected chi connectivity index (χ4v) is 3.76. The van der Waals surface area contributed by atoms with E-state index in [2.05, 4.69) is 9.97 Å². The third-order valence-electron chi connectivity index (χ3n) is 5.32. The summed E-state index contributed by atoms with van der Waals surface area (Å²) in [6.07, 6.45) is 5.20. The number of aromatic nitrogens is 2. The molecule has 4 rings (SSSR count). The molecule has 0 spiro atoms. The number of rotatable bonds is 4. The van der Waals surface area contributed by atoms with Crippen LogP contribution in [-0.4, -0.2) is 63.4 Å². The Morgan fingerprint density at radius 3 is 2.48 bits per heavy atom. The average molecular weight is 347 g/mol. The lowest BCUT2D eigenvalue weighted by molar-refractivity contribution is -0.125. The Hall–Kier alpha value is -2.25. The number of carbonyl (C=O) groups excluding carboxylic acids is 2. The van der Waals surface area contributed by atoms with Crippen molar-refractivity contribution in [3.8, 4) is 0 Å². The SMILES string of the molecule is CCc1ncnc(N2CCC(N3CC(=O)N(C4CC4)C3=O)CC2)c1F. The van der Waals surface area contributed by atoms with Crippen LogP contribution in [0.1, 0.15) is 38.3 Å². The van der Waals surface area contributed by atoms with E-state index in [-0.39, 0.29) is 36.4 Å². The number of urea groups is 1. The molecular weight excluding hydrogens is 325 g/mol. The topological polar surface area (TPSA) is 69.6 Å². The summed E-state index contributed by atoms with van der Waals surface area (Å²) in [5, 5.41) is 0. The fraction of sp³-hybridized carbons (Fsp3) is 0.647. The maximum absolute atomic E-state index is 14.4. The molecule has 134 valence electrons. The Labute approximate surface area is 145 Å². The Bertz CT molecular complexity index is 700. The van der Waals surface area contributed by atoms with E-state index in [9.17, 15) is 14.0 Å². The van der Waals surface area contributed by atoms with Crippen LogP contribution in [-0.2, 0) is 11.2 Å². The van der Waals surface area contributed by atoms with Crippen molar-refractivity contribution in [2.75, 3.05) is 24.5 Å². The number of carbonyl (C=O) groups is 2. The summed E-state index contributed by atoms with van der Waals surface area (Å²) in [5.74, 6) is -0.0890. The van der Waals surface area contributed by atoms with Gasteiger partial charge in [-0.2, -0.15) is 0 Å². The standard InChI is InChI=1S/C17H22FN5O2/c1-2-13-15(18)16(20-10-19-13)21-7-5-11(6-8-21)22-9-14(24)23(17(22)25)12-3-4-12/h10-12H,2-9H2,1H3. The summed E-state index contributed by atoms with van der Waals surface area (Å²) < 4.78 is 14.4. The average Bonchev–Trinajstić information content (AvgIpc) is 3.40. The maximum Gasteiger partial charge on any atom is 0.327 e. The van der Waals surface area contributed by atoms with Gasteiger partial charge in [-0.15, -0.1) is 0 Å². The summed E-state index contributed by atoms with van der Waals surface area (Å²) >= 11 is 0. The molecule has 1 aliphatic carbocycles. The Balaban J connectivity index is 1.42. The summed E-state index contributed by atoms with van der Waals surface area (Å²) in [6.45, 7) is 3.28. The molecule has 3 aliphatic rings. The van der Waals surface area contributed by atoms with Gasteiger partial charge in [0.15, 0.2) is 11.6 Å². The predicted molar refractivity (Wildman–Crippen MR) is 88.6 cm³/mol. The molecule has 25 heavy (non-hydrogen) atoms. The van der Waals surface area contributed by atoms with Crippen molar-refractivity contribution in [3.63, 3.8) is 0 Å². The molecule has 2 saturated heterocycles. The van der Waals surface area contributed by atoms with Gasteiger partial charge in [-0.25, -0.2) is 19.2 Å². The second kappa shape index (κ2) is 6.24. The van der Waals surface area contributed by atoms with Gasteiger partial charge >= 0.3 is 6.03 Å². The van der Waals surface area contributed by atoms with Gasteiger partial charge in [0.05, 0.1) is 5.69 Å². The van der Waals surface area contributed by atoms with Crippen LogP contribution in [0.5, 0.6) is 0 Å². The van der Waals surface area contributed by atoms with Crippen LogP contribution in [0.4, 0.5) is 15.0 Å². The highest BCUT2D eigenvalue weighted by Gasteiger charge is 2.47. The van der Waals surface area contributed by atoms with Crippen LogP contribution in [0, 0.1) is 5.82 Å². The molecule has 1 aromatic heterocycles. The number of aryl methyl sites for hydroxylation is 1. The van der Waals surface area contributed by atoms with Crippen molar-refractivity contribution in [3.05, 3.63) is 17.8 Å². The minimum atomic E-state index is -0.351. The van der Waals surface area contributed by atoms with Crippen molar-refractivity contribution in [2.24, 2.45) is 0 Å². The molecular formula is C17H22FN5O2. The van der Waals surface area contributed by atoms with Crippen LogP contribution in [0.2, 0.25) is 0 Å². The van der Waals surface area contributed by atoms with Crippen LogP contribution in [0.3, 0.4) is 0 Å². The van der Waals surface area contributed by atoms with Crippen molar-refractivity contribution in [1.29, 1.82) is 0 Å². The molecule has 0 unspecified atom stereocenters. The molecule has 1 aromatic rings. The number of imide groups is 1. The molecule has 2 aliphatic heterocycles. The van der Waals surface area contributed by atoms with Crippen molar-refractivity contribution >= 4 is 17.8 Å². The van der Waals surface area contributed by atoms with E-state index in [1.165, 1.54) is 11.2 Å². The number of piperidine rings is 1. The lowest BCUT2D eigenvalue weighted by atomic mass is 10.0. The quantitative estimate of drug-likeness (QED) is 0.774. The number of hydrogen-bond acceptors (Lipinski definition) is 5. The molecule has 0 atom stereocenters. The maximum atomic E-state index is 14.4. The van der Waals surface area contributed by atoms with Gasteiger partial charge in [0.1, 0.15) is 12.9 Å². The minimum Gasteiger partial charge on any atom is -0.354 e. The van der Waals surface area contributed by atoms with Gasteiger partial charge in [0.2, 0.25) is 0 Å². The second-order valence-electron chi connectivity index (χ2n) is 6.94. The van der Waals surface area contributed by atoms with E-state index < -0.39 is 0 Å². The first-order valence-corrected chi connectivity index (χ1v) is 8.97. The molecule has 0 bridgehead atoms. The zero-order valence-electron chi connectivity index (χ0n) is 14.3. The minimum absolute atomic E-state index is 0.0343. The molecule has 0 radical (unpaired) electrons. The van der Waals surface area contributed by atoms with Gasteiger partial charge in [-0.1, -0.05) is 6.92 Å². The number of anilines is 1. The van der Waals surface area contributed by atoms with Gasteiger partial charge < -0.3 is 9.80 Å². The summed E-state index contributed by atoms with van der Waals surface area (Å²) in [6, 6.07) is 0.00657. The lowest BCUT2D eigenvalue weighted by Crippen LogP contribution is -2.47. The molecule has 0 N–H and O–H groups in total. The molecule has 8 heteroatoms. The lowest BCUT2D eigenvalue weighted by Gasteiger charge is -2.36. The summed E-state index contributed by atoms with van der Waals surface area (Å²) in [7, 11) is 0. The van der Waals surface area contributed by atoms with Gasteiger partial charge in [0.25, 0.3) is 5.91 Å². The fourth-order valence-electron chi connectivity index (χ4n) is 3.76. The van der Waals surface area contributed by atoms with Gasteiger partial charge in [0, 0.05) is 25.2 Å². The highest BCUT2D eigenvalue weighted by molar-refractivity contribution is 6.02. The molecule has 1 saturated carbocycles. The first-order valence-electron chi connectivity index (χ1n) is 8.97. The van der Waals surface area contributed by atoms with E-state index in [1.807, 2.05) is 11.8 Å². The zero-order valence-corrected chi connectivity index (χ0v) is 14.3. The number of nitrogens with zero attached hydrogens (tertiary/aromatic N) is 5. The molecule has 0 aromatic carbocycles. The van der Waals surface area contributed by atoms with Crippen LogP contribution >= 0.6 is 0 Å². The summed E-state index contributed by atoms with van der Waals surface area (Å²) in [4.78, 5) is 37.7. The van der Waals surface area contributed by atoms with Crippen molar-refractivity contribution in [2.45, 2.75) is 51.1 Å². The smallest absolute Gasteiger partial charge is 0.327 e. The van der Waals surface area contributed by atoms with Crippen LogP contribution < -0.4 is 4.90 Å². The molecule has 3 amide bonds. The third kappa shape index (κ3) is 2.83. The molecule has 3 heterocycles. The molecule has 3 fully saturated rings. The predicted octanol–water partition coefficient (Wildman–Crippen LogP) is 1.57. The van der Waals surface area contributed by atoms with Gasteiger partial charge in [-0.05, 0) is 32.1 Å². The largest absolute Gasteiger partial charge is 0.354 e. The highest BCUT2D eigenvalue weighted by Crippen LogP contribution is 2.33. The van der Waals surface area contributed by atoms with E-state index in [1.54, 1.807) is 4.90 Å². The summed E-state index contributed by atoms with van der Waals surface area (Å²) in [5.41, 5.74) is 0.424. The van der Waals surface area contributed by atoms with E-state index in [0.717, 1.165) is 12.8 Å². The zero-order chi connectivity index (χ0) is 17.6. The van der Waals surface area contributed by atoms with Crippen LogP contribution in [0.15, 0.2) is 6.33 Å². The van der Waals surface area contributed by atoms with E-state index in [0.29, 0.717) is 43.9 Å². The first kappa shape index (κ1) is 16.2. The van der Waals surface area contributed by atoms with Crippen LogP contribution in [0.25, 0.3) is 0 Å². The first-order chi connectivity index (χ1) is 12.1. The van der Waals surface area contributed by atoms with E-state index >= 15 is 0 Å². The normalized spacial score (nSPS) is 22.2. The second-order valence-corrected chi connectivity index (χ2v) is 6.94. The number of halogens is 1. The third-order valence-corrected chi connectivity index (χ3v) is 5.32. The van der Waals surface area contributed by atoms with Crippen molar-refractivity contribution in [1.82, 2.24) is 19.8 Å². The monoisotopic (exact) mass is 347 g/mol. The van der Waals surface area contributed by atoms with E-state index in [4.69, 9.17) is 0 Å². The Kier molecular flexibility index (Phi) is 4.05. The van der Waals surface area contributed by atoms with Crippen molar-refractivity contribution < 1.29 is 14.0 Å². The Morgan fingerprint density at radius 1 is 1.12 bits per heavy atom.